The van der Waals surface area contributed by atoms with Gasteiger partial charge in [-0.3, -0.25) is 20.2 Å². The molecular weight excluding hydrogens is 364 g/mol. The summed E-state index contributed by atoms with van der Waals surface area (Å²) in [7, 11) is -3.89. The van der Waals surface area contributed by atoms with Gasteiger partial charge in [-0.05, 0) is 30.2 Å². The molecule has 0 saturated carbocycles. The highest BCUT2D eigenvalue weighted by atomic mass is 32.2. The lowest BCUT2D eigenvalue weighted by molar-refractivity contribution is -0.393. The van der Waals surface area contributed by atoms with Crippen LogP contribution in [0, 0.1) is 20.2 Å². The minimum Gasteiger partial charge on any atom is -0.373 e. The van der Waals surface area contributed by atoms with Gasteiger partial charge in [0.25, 0.3) is 11.4 Å². The van der Waals surface area contributed by atoms with Crippen molar-refractivity contribution in [2.45, 2.75) is 24.3 Å². The average molecular weight is 380 g/mol. The van der Waals surface area contributed by atoms with Gasteiger partial charge in [0, 0.05) is 6.07 Å². The van der Waals surface area contributed by atoms with E-state index in [1.807, 2.05) is 0 Å². The molecule has 0 heterocycles. The number of hydrogen-bond donors (Lipinski definition) is 2. The lowest BCUT2D eigenvalue weighted by Gasteiger charge is -2.19. The number of rotatable bonds is 7. The zero-order chi connectivity index (χ0) is 19.5. The van der Waals surface area contributed by atoms with Crippen LogP contribution < -0.4 is 10.5 Å². The summed E-state index contributed by atoms with van der Waals surface area (Å²) in [6.45, 7) is 1.80. The highest BCUT2D eigenvalue weighted by Gasteiger charge is 2.22. The lowest BCUT2D eigenvalue weighted by atomic mass is 10.0. The number of nitrogens with zero attached hydrogens (tertiary/aromatic N) is 2. The molecule has 0 fully saturated rings. The third-order valence-electron chi connectivity index (χ3n) is 3.72. The van der Waals surface area contributed by atoms with Gasteiger partial charge in [-0.15, -0.1) is 0 Å². The summed E-state index contributed by atoms with van der Waals surface area (Å²) < 4.78 is 23.0. The first kappa shape index (κ1) is 19.3. The summed E-state index contributed by atoms with van der Waals surface area (Å²) in [4.78, 5) is 20.5. The first-order valence-corrected chi connectivity index (χ1v) is 9.00. The van der Waals surface area contributed by atoms with E-state index in [0.717, 1.165) is 12.1 Å². The lowest BCUT2D eigenvalue weighted by Crippen LogP contribution is -2.15. The highest BCUT2D eigenvalue weighted by Crippen LogP contribution is 2.33. The van der Waals surface area contributed by atoms with Crippen molar-refractivity contribution in [1.29, 1.82) is 0 Å². The highest BCUT2D eigenvalue weighted by molar-refractivity contribution is 7.89. The van der Waals surface area contributed by atoms with E-state index in [1.165, 1.54) is 24.3 Å². The van der Waals surface area contributed by atoms with Crippen LogP contribution in [0.1, 0.15) is 24.9 Å². The van der Waals surface area contributed by atoms with Crippen molar-refractivity contribution in [1.82, 2.24) is 0 Å². The fourth-order valence-corrected chi connectivity index (χ4v) is 2.99. The summed E-state index contributed by atoms with van der Waals surface area (Å²) >= 11 is 0. The fraction of sp³-hybridized carbons (Fsp3) is 0.200. The largest absolute Gasteiger partial charge is 0.373 e. The molecule has 0 amide bonds. The monoisotopic (exact) mass is 380 g/mol. The minimum atomic E-state index is -3.89. The summed E-state index contributed by atoms with van der Waals surface area (Å²) in [5.41, 5.74) is -0.188. The van der Waals surface area contributed by atoms with Crippen molar-refractivity contribution in [3.05, 3.63) is 68.3 Å². The Morgan fingerprint density at radius 1 is 1.12 bits per heavy atom. The number of nitrogens with one attached hydrogen (secondary N) is 1. The van der Waals surface area contributed by atoms with Gasteiger partial charge in [-0.2, -0.15) is 0 Å². The normalized spacial score (nSPS) is 12.4. The van der Waals surface area contributed by atoms with Crippen molar-refractivity contribution in [3.8, 4) is 0 Å². The van der Waals surface area contributed by atoms with E-state index >= 15 is 0 Å². The maximum atomic E-state index is 11.5. The molecule has 1 atom stereocenters. The third kappa shape index (κ3) is 4.32. The van der Waals surface area contributed by atoms with E-state index in [1.54, 1.807) is 13.0 Å². The third-order valence-corrected chi connectivity index (χ3v) is 4.63. The molecule has 1 unspecified atom stereocenters. The molecule has 0 aliphatic heterocycles. The molecule has 2 rings (SSSR count). The molecule has 10 nitrogen and oxygen atoms in total. The second-order valence-corrected chi connectivity index (χ2v) is 7.00. The molecule has 0 saturated heterocycles. The van der Waals surface area contributed by atoms with Crippen molar-refractivity contribution < 1.29 is 18.3 Å². The zero-order valence-electron chi connectivity index (χ0n) is 13.7. The second kappa shape index (κ2) is 7.45. The Kier molecular flexibility index (Phi) is 5.53. The van der Waals surface area contributed by atoms with Gasteiger partial charge in [0.1, 0.15) is 5.69 Å². The molecule has 3 N–H and O–H groups in total. The van der Waals surface area contributed by atoms with Crippen LogP contribution >= 0.6 is 0 Å². The van der Waals surface area contributed by atoms with Gasteiger partial charge in [0.2, 0.25) is 10.0 Å². The molecule has 26 heavy (non-hydrogen) atoms. The second-order valence-electron chi connectivity index (χ2n) is 5.44. The Hall–Kier alpha value is -3.05. The average Bonchev–Trinajstić information content (AvgIpc) is 2.58. The minimum absolute atomic E-state index is 0.0755. The predicted molar refractivity (Wildman–Crippen MR) is 94.2 cm³/mol. The van der Waals surface area contributed by atoms with Crippen LogP contribution in [0.2, 0.25) is 0 Å². The molecule has 0 radical (unpaired) electrons. The maximum absolute atomic E-state index is 11.5. The van der Waals surface area contributed by atoms with Crippen LogP contribution in [-0.4, -0.2) is 18.3 Å². The summed E-state index contributed by atoms with van der Waals surface area (Å²) in [6.07, 6.45) is 0.474. The molecule has 11 heteroatoms. The summed E-state index contributed by atoms with van der Waals surface area (Å²) in [6, 6.07) is 8.72. The standard InChI is InChI=1S/C15H16N4O6S/c1-2-13(10-4-3-5-12(8-10)26(16,24)25)17-14-7-6-11(18(20)21)9-15(14)19(22)23/h3-9,13,17H,2H2,1H3,(H2,16,24,25). The van der Waals surface area contributed by atoms with Crippen LogP contribution in [0.25, 0.3) is 0 Å². The first-order chi connectivity index (χ1) is 12.1. The SMILES string of the molecule is CCC(Nc1ccc([N+](=O)[O-])cc1[N+](=O)[O-])c1cccc(S(N)(=O)=O)c1. The first-order valence-electron chi connectivity index (χ1n) is 7.45. The van der Waals surface area contributed by atoms with Crippen molar-refractivity contribution in [3.63, 3.8) is 0 Å². The quantitative estimate of drug-likeness (QED) is 0.551. The number of anilines is 1. The number of sulfonamides is 1. The number of non-ortho nitro benzene ring substituents is 1. The molecule has 2 aromatic carbocycles. The number of hydrogen-bond acceptors (Lipinski definition) is 7. The summed E-state index contributed by atoms with van der Waals surface area (Å²) in [5.74, 6) is 0. The fourth-order valence-electron chi connectivity index (χ4n) is 2.42. The maximum Gasteiger partial charge on any atom is 0.299 e. The van der Waals surface area contributed by atoms with E-state index in [0.29, 0.717) is 12.0 Å². The number of benzene rings is 2. The zero-order valence-corrected chi connectivity index (χ0v) is 14.5. The van der Waals surface area contributed by atoms with Crippen LogP contribution in [0.4, 0.5) is 17.1 Å². The van der Waals surface area contributed by atoms with Gasteiger partial charge in [-0.25, -0.2) is 13.6 Å². The topological polar surface area (TPSA) is 158 Å². The van der Waals surface area contributed by atoms with Gasteiger partial charge in [0.05, 0.1) is 26.9 Å². The Bertz CT molecular complexity index is 960. The molecular formula is C15H16N4O6S. The molecule has 0 spiro atoms. The van der Waals surface area contributed by atoms with E-state index in [4.69, 9.17) is 5.14 Å². The van der Waals surface area contributed by atoms with Crippen molar-refractivity contribution >= 4 is 27.1 Å². The molecule has 0 aromatic heterocycles. The number of nitro benzene ring substituents is 2. The van der Waals surface area contributed by atoms with E-state index in [9.17, 15) is 28.6 Å². The van der Waals surface area contributed by atoms with Crippen LogP contribution in [0.3, 0.4) is 0 Å². The van der Waals surface area contributed by atoms with Crippen molar-refractivity contribution in [2.75, 3.05) is 5.32 Å². The predicted octanol–water partition coefficient (Wildman–Crippen LogP) is 2.71. The van der Waals surface area contributed by atoms with Gasteiger partial charge in [0.15, 0.2) is 0 Å². The van der Waals surface area contributed by atoms with Gasteiger partial charge >= 0.3 is 0 Å². The molecule has 2 aromatic rings. The van der Waals surface area contributed by atoms with E-state index in [2.05, 4.69) is 5.32 Å². The smallest absolute Gasteiger partial charge is 0.299 e. The van der Waals surface area contributed by atoms with E-state index in [-0.39, 0.29) is 10.6 Å². The Labute approximate surface area is 149 Å². The Morgan fingerprint density at radius 3 is 2.35 bits per heavy atom. The van der Waals surface area contributed by atoms with Crippen LogP contribution in [0.15, 0.2) is 47.4 Å². The number of nitro groups is 2. The van der Waals surface area contributed by atoms with E-state index < -0.39 is 37.3 Å². The number of nitrogens with two attached hydrogens (primary N) is 1. The molecule has 0 bridgehead atoms. The van der Waals surface area contributed by atoms with Crippen LogP contribution in [-0.2, 0) is 10.0 Å². The number of primary sulfonamides is 1. The molecule has 0 aliphatic rings. The molecule has 138 valence electrons. The Balaban J connectivity index is 2.42. The summed E-state index contributed by atoms with van der Waals surface area (Å²) in [5, 5.41) is 30.1. The van der Waals surface area contributed by atoms with Crippen LogP contribution in [0.5, 0.6) is 0 Å². The van der Waals surface area contributed by atoms with Gasteiger partial charge < -0.3 is 5.32 Å². The van der Waals surface area contributed by atoms with Gasteiger partial charge in [-0.1, -0.05) is 19.1 Å². The van der Waals surface area contributed by atoms with Crippen molar-refractivity contribution in [2.24, 2.45) is 5.14 Å². The Morgan fingerprint density at radius 2 is 1.81 bits per heavy atom. The molecule has 0 aliphatic carbocycles.